The van der Waals surface area contributed by atoms with E-state index in [-0.39, 0.29) is 16.7 Å². The van der Waals surface area contributed by atoms with E-state index in [1.165, 1.54) is 12.3 Å². The van der Waals surface area contributed by atoms with Crippen LogP contribution >= 0.6 is 11.6 Å². The Morgan fingerprint density at radius 3 is 2.45 bits per heavy atom. The van der Waals surface area contributed by atoms with Crippen LogP contribution < -0.4 is 15.5 Å². The van der Waals surface area contributed by atoms with Gasteiger partial charge in [0.15, 0.2) is 15.7 Å². The highest BCUT2D eigenvalue weighted by atomic mass is 35.5. The molecule has 8 nitrogen and oxygen atoms in total. The molecule has 1 fully saturated rings. The summed E-state index contributed by atoms with van der Waals surface area (Å²) in [6, 6.07) is 17.7. The minimum absolute atomic E-state index is 0.00248. The lowest BCUT2D eigenvalue weighted by Gasteiger charge is -2.34. The van der Waals surface area contributed by atoms with Crippen molar-refractivity contribution in [3.63, 3.8) is 0 Å². The minimum atomic E-state index is -3.53. The quantitative estimate of drug-likeness (QED) is 0.423. The van der Waals surface area contributed by atoms with Crippen molar-refractivity contribution >= 4 is 44.8 Å². The Bertz CT molecular complexity index is 1410. The number of pyridine rings is 1. The van der Waals surface area contributed by atoms with Crippen LogP contribution in [0.25, 0.3) is 0 Å². The largest absolute Gasteiger partial charge is 0.355 e. The highest BCUT2D eigenvalue weighted by molar-refractivity contribution is 7.90. The number of anilines is 2. The zero-order chi connectivity index (χ0) is 27.3. The normalized spacial score (nSPS) is 15.1. The molecule has 0 aliphatic carbocycles. The van der Waals surface area contributed by atoms with Gasteiger partial charge in [0, 0.05) is 42.7 Å². The molecule has 200 valence electrons. The van der Waals surface area contributed by atoms with Crippen LogP contribution in [0.5, 0.6) is 0 Å². The number of carbonyl (C=O) groups excluding carboxylic acids is 2. The van der Waals surface area contributed by atoms with Crippen molar-refractivity contribution in [2.24, 2.45) is 5.92 Å². The number of benzene rings is 2. The van der Waals surface area contributed by atoms with E-state index in [1.807, 2.05) is 42.2 Å². The lowest BCUT2D eigenvalue weighted by Crippen LogP contribution is -2.40. The van der Waals surface area contributed by atoms with Gasteiger partial charge in [0.1, 0.15) is 0 Å². The Morgan fingerprint density at radius 2 is 1.79 bits per heavy atom. The predicted octanol–water partition coefficient (Wildman–Crippen LogP) is 4.53. The summed E-state index contributed by atoms with van der Waals surface area (Å²) in [5, 5.41) is 6.33. The van der Waals surface area contributed by atoms with Gasteiger partial charge in [-0.3, -0.25) is 9.59 Å². The standard InChI is InChI=1S/C28H31ClN4O4S/c1-19(21-7-4-3-5-8-21)27(34)31-17-20-11-13-33(14-12-20)26-25(16-24(18-30-26)38(2,36)37)32-28(35)22-9-6-10-23(29)15-22/h3-10,15-16,18-20H,11-14,17H2,1-2H3,(H,31,34)(H,32,35)/t19-/m0/s1. The monoisotopic (exact) mass is 554 g/mol. The maximum atomic E-state index is 12.9. The molecule has 0 saturated carbocycles. The third-order valence-electron chi connectivity index (χ3n) is 6.78. The first-order valence-electron chi connectivity index (χ1n) is 12.5. The van der Waals surface area contributed by atoms with Crippen molar-refractivity contribution in [2.45, 2.75) is 30.6 Å². The van der Waals surface area contributed by atoms with Crippen molar-refractivity contribution in [3.05, 3.63) is 83.0 Å². The second-order valence-electron chi connectivity index (χ2n) is 9.59. The average molecular weight is 555 g/mol. The van der Waals surface area contributed by atoms with Gasteiger partial charge in [-0.2, -0.15) is 0 Å². The van der Waals surface area contributed by atoms with Crippen LogP contribution in [0.2, 0.25) is 5.02 Å². The fourth-order valence-electron chi connectivity index (χ4n) is 4.45. The van der Waals surface area contributed by atoms with E-state index in [2.05, 4.69) is 15.6 Å². The summed E-state index contributed by atoms with van der Waals surface area (Å²) >= 11 is 6.03. The van der Waals surface area contributed by atoms with E-state index in [0.29, 0.717) is 47.6 Å². The molecule has 0 unspecified atom stereocenters. The van der Waals surface area contributed by atoms with Gasteiger partial charge < -0.3 is 15.5 Å². The van der Waals surface area contributed by atoms with E-state index >= 15 is 0 Å². The SMILES string of the molecule is C[C@H](C(=O)NCC1CCN(c2ncc(S(C)(=O)=O)cc2NC(=O)c2cccc(Cl)c2)CC1)c1ccccc1. The van der Waals surface area contributed by atoms with Crippen LogP contribution in [0, 0.1) is 5.92 Å². The number of rotatable bonds is 8. The summed E-state index contributed by atoms with van der Waals surface area (Å²) in [5.74, 6) is 0.180. The summed E-state index contributed by atoms with van der Waals surface area (Å²) in [6.45, 7) is 3.79. The molecule has 1 aliphatic rings. The van der Waals surface area contributed by atoms with Crippen LogP contribution in [-0.4, -0.2) is 51.1 Å². The highest BCUT2D eigenvalue weighted by Gasteiger charge is 2.25. The Kier molecular flexibility index (Phi) is 8.69. The van der Waals surface area contributed by atoms with Gasteiger partial charge in [0.25, 0.3) is 5.91 Å². The van der Waals surface area contributed by atoms with Gasteiger partial charge in [-0.25, -0.2) is 13.4 Å². The molecule has 2 heterocycles. The number of piperidine rings is 1. The lowest BCUT2D eigenvalue weighted by molar-refractivity contribution is -0.122. The Labute approximate surface area is 228 Å². The fraction of sp³-hybridized carbons (Fsp3) is 0.321. The lowest BCUT2D eigenvalue weighted by atomic mass is 9.95. The molecule has 2 aromatic carbocycles. The van der Waals surface area contributed by atoms with Crippen LogP contribution in [0.15, 0.2) is 71.8 Å². The molecule has 3 aromatic rings. The van der Waals surface area contributed by atoms with Gasteiger partial charge in [-0.15, -0.1) is 0 Å². The number of nitrogens with one attached hydrogen (secondary N) is 2. The van der Waals surface area contributed by atoms with Crippen LogP contribution in [0.4, 0.5) is 11.5 Å². The zero-order valence-corrected chi connectivity index (χ0v) is 22.9. The molecule has 1 aromatic heterocycles. The van der Waals surface area contributed by atoms with Gasteiger partial charge in [-0.1, -0.05) is 48.0 Å². The van der Waals surface area contributed by atoms with Crippen LogP contribution in [-0.2, 0) is 14.6 Å². The van der Waals surface area contributed by atoms with Gasteiger partial charge >= 0.3 is 0 Å². The second kappa shape index (κ2) is 12.0. The molecule has 1 aliphatic heterocycles. The number of sulfone groups is 1. The first-order valence-corrected chi connectivity index (χ1v) is 14.7. The molecule has 2 amide bonds. The molecule has 38 heavy (non-hydrogen) atoms. The topological polar surface area (TPSA) is 108 Å². The van der Waals surface area contributed by atoms with E-state index in [4.69, 9.17) is 11.6 Å². The maximum absolute atomic E-state index is 12.9. The predicted molar refractivity (Wildman–Crippen MR) is 150 cm³/mol. The summed E-state index contributed by atoms with van der Waals surface area (Å²) in [5.41, 5.74) is 1.66. The number of hydrogen-bond acceptors (Lipinski definition) is 6. The average Bonchev–Trinajstić information content (AvgIpc) is 2.91. The van der Waals surface area contributed by atoms with Gasteiger partial charge in [-0.05, 0) is 55.5 Å². The number of hydrogen-bond donors (Lipinski definition) is 2. The number of aromatic nitrogens is 1. The van der Waals surface area contributed by atoms with Crippen molar-refractivity contribution in [3.8, 4) is 0 Å². The van der Waals surface area contributed by atoms with E-state index in [0.717, 1.165) is 24.7 Å². The van der Waals surface area contributed by atoms with Crippen LogP contribution in [0.1, 0.15) is 41.6 Å². The van der Waals surface area contributed by atoms with Crippen molar-refractivity contribution in [1.29, 1.82) is 0 Å². The molecular formula is C28H31ClN4O4S. The number of amides is 2. The van der Waals surface area contributed by atoms with E-state index in [1.54, 1.807) is 24.3 Å². The fourth-order valence-corrected chi connectivity index (χ4v) is 5.22. The molecule has 0 radical (unpaired) electrons. The molecule has 4 rings (SSSR count). The van der Waals surface area contributed by atoms with Gasteiger partial charge in [0.05, 0.1) is 16.5 Å². The first kappa shape index (κ1) is 27.6. The van der Waals surface area contributed by atoms with E-state index < -0.39 is 15.7 Å². The first-order chi connectivity index (χ1) is 18.1. The summed E-state index contributed by atoms with van der Waals surface area (Å²) in [6.07, 6.45) is 4.05. The van der Waals surface area contributed by atoms with Gasteiger partial charge in [0.2, 0.25) is 5.91 Å². The molecule has 1 atom stereocenters. The summed E-state index contributed by atoms with van der Waals surface area (Å²) in [7, 11) is -3.53. The Hall–Kier alpha value is -3.43. The zero-order valence-electron chi connectivity index (χ0n) is 21.4. The highest BCUT2D eigenvalue weighted by Crippen LogP contribution is 2.30. The van der Waals surface area contributed by atoms with Crippen molar-refractivity contribution < 1.29 is 18.0 Å². The molecule has 2 N–H and O–H groups in total. The molecule has 0 spiro atoms. The molecule has 10 heteroatoms. The Morgan fingerprint density at radius 1 is 1.08 bits per heavy atom. The minimum Gasteiger partial charge on any atom is -0.355 e. The number of nitrogens with zero attached hydrogens (tertiary/aromatic N) is 2. The summed E-state index contributed by atoms with van der Waals surface area (Å²) in [4.78, 5) is 32.0. The summed E-state index contributed by atoms with van der Waals surface area (Å²) < 4.78 is 24.3. The third-order valence-corrected chi connectivity index (χ3v) is 8.09. The smallest absolute Gasteiger partial charge is 0.255 e. The maximum Gasteiger partial charge on any atom is 0.255 e. The van der Waals surface area contributed by atoms with Crippen molar-refractivity contribution in [1.82, 2.24) is 10.3 Å². The number of carbonyl (C=O) groups is 2. The molecule has 0 bridgehead atoms. The van der Waals surface area contributed by atoms with E-state index in [9.17, 15) is 18.0 Å². The second-order valence-corrected chi connectivity index (χ2v) is 12.0. The van der Waals surface area contributed by atoms with Crippen LogP contribution in [0.3, 0.4) is 0 Å². The molecule has 1 saturated heterocycles. The Balaban J connectivity index is 1.42. The van der Waals surface area contributed by atoms with Crippen molar-refractivity contribution in [2.75, 3.05) is 36.1 Å². The third kappa shape index (κ3) is 6.90. The number of halogens is 1. The molecular weight excluding hydrogens is 524 g/mol.